The Morgan fingerprint density at radius 3 is 2.43 bits per heavy atom. The van der Waals surface area contributed by atoms with Crippen LogP contribution in [-0.2, 0) is 14.8 Å². The number of hydrogen-bond acceptors (Lipinski definition) is 6. The predicted octanol–water partition coefficient (Wildman–Crippen LogP) is -0.0411. The molecule has 0 radical (unpaired) electrons. The second-order valence-corrected chi connectivity index (χ2v) is 6.56. The van der Waals surface area contributed by atoms with Crippen LogP contribution in [0.15, 0.2) is 17.3 Å². The van der Waals surface area contributed by atoms with Gasteiger partial charge >= 0.3 is 0 Å². The average molecular weight is 315 g/mol. The van der Waals surface area contributed by atoms with Gasteiger partial charge in [-0.1, -0.05) is 13.8 Å². The Balaban J connectivity index is 2.58. The molecule has 0 atom stereocenters. The van der Waals surface area contributed by atoms with Crippen LogP contribution >= 0.6 is 0 Å². The van der Waals surface area contributed by atoms with Gasteiger partial charge in [0, 0.05) is 13.1 Å². The molecule has 3 N–H and O–H groups in total. The molecule has 0 aliphatic rings. The van der Waals surface area contributed by atoms with E-state index in [9.17, 15) is 13.2 Å². The molecule has 0 aromatic carbocycles. The molecule has 1 amide bonds. The fraction of sp³-hybridized carbons (Fsp3) is 0.583. The lowest BCUT2D eigenvalue weighted by atomic mass is 10.2. The normalized spacial score (nSPS) is 11.4. The van der Waals surface area contributed by atoms with Gasteiger partial charge in [0.2, 0.25) is 21.9 Å². The summed E-state index contributed by atoms with van der Waals surface area (Å²) >= 11 is 0. The first-order valence-electron chi connectivity index (χ1n) is 6.67. The number of aromatic nitrogens is 2. The highest BCUT2D eigenvalue weighted by Crippen LogP contribution is 2.06. The number of carbonyl (C=O) groups excluding carboxylic acids is 1. The number of sulfonamides is 1. The molecular weight excluding hydrogens is 294 g/mol. The van der Waals surface area contributed by atoms with E-state index in [2.05, 4.69) is 25.3 Å². The highest BCUT2D eigenvalue weighted by molar-refractivity contribution is 7.89. The van der Waals surface area contributed by atoms with Crippen LogP contribution in [0.4, 0.5) is 5.95 Å². The van der Waals surface area contributed by atoms with Gasteiger partial charge < -0.3 is 10.6 Å². The van der Waals surface area contributed by atoms with Gasteiger partial charge in [0.1, 0.15) is 4.90 Å². The van der Waals surface area contributed by atoms with E-state index < -0.39 is 10.0 Å². The summed E-state index contributed by atoms with van der Waals surface area (Å²) in [5, 5.41) is 5.49. The molecule has 0 saturated heterocycles. The molecule has 1 aromatic heterocycles. The number of rotatable bonds is 8. The number of nitrogens with one attached hydrogen (secondary N) is 3. The van der Waals surface area contributed by atoms with Crippen molar-refractivity contribution in [2.45, 2.75) is 25.7 Å². The number of amides is 1. The van der Waals surface area contributed by atoms with Crippen molar-refractivity contribution in [3.8, 4) is 0 Å². The van der Waals surface area contributed by atoms with Gasteiger partial charge in [-0.3, -0.25) is 4.79 Å². The highest BCUT2D eigenvalue weighted by atomic mass is 32.2. The second-order valence-electron chi connectivity index (χ2n) is 4.80. The molecule has 1 heterocycles. The maximum Gasteiger partial charge on any atom is 0.244 e. The lowest BCUT2D eigenvalue weighted by molar-refractivity contribution is -0.120. The van der Waals surface area contributed by atoms with Gasteiger partial charge in [-0.25, -0.2) is 23.1 Å². The zero-order valence-electron chi connectivity index (χ0n) is 12.4. The number of anilines is 1. The van der Waals surface area contributed by atoms with Gasteiger partial charge in [-0.05, 0) is 12.8 Å². The third kappa shape index (κ3) is 6.05. The van der Waals surface area contributed by atoms with Crippen LogP contribution in [-0.4, -0.2) is 43.9 Å². The minimum absolute atomic E-state index is 0.0826. The van der Waals surface area contributed by atoms with E-state index in [4.69, 9.17) is 0 Å². The summed E-state index contributed by atoms with van der Waals surface area (Å²) < 4.78 is 26.1. The van der Waals surface area contributed by atoms with Crippen molar-refractivity contribution >= 4 is 21.9 Å². The quantitative estimate of drug-likeness (QED) is 0.620. The van der Waals surface area contributed by atoms with Crippen molar-refractivity contribution in [1.29, 1.82) is 0 Å². The van der Waals surface area contributed by atoms with E-state index in [0.29, 0.717) is 25.0 Å². The summed E-state index contributed by atoms with van der Waals surface area (Å²) in [6.45, 7) is 6.61. The third-order valence-electron chi connectivity index (χ3n) is 2.40. The fourth-order valence-corrected chi connectivity index (χ4v) is 2.20. The van der Waals surface area contributed by atoms with Crippen LogP contribution in [0.5, 0.6) is 0 Å². The molecule has 8 nitrogen and oxygen atoms in total. The van der Waals surface area contributed by atoms with E-state index in [-0.39, 0.29) is 17.3 Å². The first-order valence-corrected chi connectivity index (χ1v) is 8.15. The average Bonchev–Trinajstić information content (AvgIpc) is 2.44. The van der Waals surface area contributed by atoms with Crippen LogP contribution < -0.4 is 15.4 Å². The highest BCUT2D eigenvalue weighted by Gasteiger charge is 2.16. The maximum absolute atomic E-state index is 12.0. The van der Waals surface area contributed by atoms with Gasteiger partial charge in [-0.15, -0.1) is 0 Å². The van der Waals surface area contributed by atoms with Crippen molar-refractivity contribution in [2.75, 3.05) is 25.0 Å². The van der Waals surface area contributed by atoms with Crippen molar-refractivity contribution in [3.63, 3.8) is 0 Å². The molecular formula is C12H21N5O3S. The maximum atomic E-state index is 12.0. The largest absolute Gasteiger partial charge is 0.355 e. The summed E-state index contributed by atoms with van der Waals surface area (Å²) in [5.74, 6) is 0.279. The number of carbonyl (C=O) groups is 1. The van der Waals surface area contributed by atoms with Crippen LogP contribution in [0.1, 0.15) is 20.8 Å². The van der Waals surface area contributed by atoms with E-state index >= 15 is 0 Å². The Morgan fingerprint density at radius 2 is 1.90 bits per heavy atom. The molecule has 0 aliphatic heterocycles. The third-order valence-corrected chi connectivity index (χ3v) is 3.76. The predicted molar refractivity (Wildman–Crippen MR) is 79.2 cm³/mol. The topological polar surface area (TPSA) is 113 Å². The van der Waals surface area contributed by atoms with Crippen LogP contribution in [0.3, 0.4) is 0 Å². The summed E-state index contributed by atoms with van der Waals surface area (Å²) in [6, 6.07) is 0. The number of hydrogen-bond donors (Lipinski definition) is 3. The molecule has 0 aliphatic carbocycles. The Hall–Kier alpha value is -1.74. The van der Waals surface area contributed by atoms with E-state index in [0.717, 1.165) is 0 Å². The smallest absolute Gasteiger partial charge is 0.244 e. The lowest BCUT2D eigenvalue weighted by Gasteiger charge is -2.09. The van der Waals surface area contributed by atoms with E-state index in [1.807, 2.05) is 20.8 Å². The summed E-state index contributed by atoms with van der Waals surface area (Å²) in [7, 11) is -3.79. The minimum atomic E-state index is -3.79. The first-order chi connectivity index (χ1) is 9.85. The molecule has 0 fully saturated rings. The molecule has 9 heteroatoms. The van der Waals surface area contributed by atoms with E-state index in [1.165, 1.54) is 12.4 Å². The van der Waals surface area contributed by atoms with Crippen molar-refractivity contribution in [2.24, 2.45) is 5.92 Å². The fourth-order valence-electron chi connectivity index (χ4n) is 1.33. The standard InChI is InChI=1S/C12H21N5O3S/c1-4-13-12-15-6-10(7-16-12)21(19,20)17-8-11(18)14-5-9(2)3/h6-7,9,17H,4-5,8H2,1-3H3,(H,14,18)(H,13,15,16). The summed E-state index contributed by atoms with van der Waals surface area (Å²) in [5.41, 5.74) is 0. The van der Waals surface area contributed by atoms with Crippen LogP contribution in [0.25, 0.3) is 0 Å². The Kier molecular flexibility index (Phi) is 6.50. The molecule has 1 aromatic rings. The number of nitrogens with zero attached hydrogens (tertiary/aromatic N) is 2. The molecule has 21 heavy (non-hydrogen) atoms. The van der Waals surface area contributed by atoms with Gasteiger partial charge in [0.05, 0.1) is 18.9 Å². The van der Waals surface area contributed by atoms with Gasteiger partial charge in [0.15, 0.2) is 0 Å². The Bertz CT molecular complexity index is 557. The van der Waals surface area contributed by atoms with Crippen LogP contribution in [0, 0.1) is 5.92 Å². The second kappa shape index (κ2) is 7.89. The molecule has 0 bridgehead atoms. The van der Waals surface area contributed by atoms with Gasteiger partial charge in [0.25, 0.3) is 0 Å². The molecule has 0 spiro atoms. The Labute approximate surface area is 124 Å². The summed E-state index contributed by atoms with van der Waals surface area (Å²) in [4.78, 5) is 19.2. The van der Waals surface area contributed by atoms with Crippen LogP contribution in [0.2, 0.25) is 0 Å². The Morgan fingerprint density at radius 1 is 1.29 bits per heavy atom. The van der Waals surface area contributed by atoms with E-state index in [1.54, 1.807) is 0 Å². The molecule has 1 rings (SSSR count). The zero-order valence-corrected chi connectivity index (χ0v) is 13.2. The molecule has 0 saturated carbocycles. The minimum Gasteiger partial charge on any atom is -0.355 e. The van der Waals surface area contributed by atoms with Crippen molar-refractivity contribution in [3.05, 3.63) is 12.4 Å². The molecule has 0 unspecified atom stereocenters. The van der Waals surface area contributed by atoms with Crippen molar-refractivity contribution < 1.29 is 13.2 Å². The summed E-state index contributed by atoms with van der Waals surface area (Å²) in [6.07, 6.45) is 2.39. The monoisotopic (exact) mass is 315 g/mol. The van der Waals surface area contributed by atoms with Gasteiger partial charge in [-0.2, -0.15) is 0 Å². The lowest BCUT2D eigenvalue weighted by Crippen LogP contribution is -2.38. The first kappa shape index (κ1) is 17.3. The SMILES string of the molecule is CCNc1ncc(S(=O)(=O)NCC(=O)NCC(C)C)cn1. The van der Waals surface area contributed by atoms with Crippen molar-refractivity contribution in [1.82, 2.24) is 20.0 Å². The molecule has 118 valence electrons. The zero-order chi connectivity index (χ0) is 15.9.